The van der Waals surface area contributed by atoms with Crippen molar-refractivity contribution >= 4 is 46.3 Å². The maximum atomic E-state index is 15.6. The number of aliphatic imine (C=N–C) groups is 1. The fraction of sp³-hybridized carbons (Fsp3) is 0.576. The molecule has 4 N–H and O–H groups in total. The van der Waals surface area contributed by atoms with Crippen molar-refractivity contribution in [1.29, 1.82) is 0 Å². The highest BCUT2D eigenvalue weighted by Gasteiger charge is 2.49. The van der Waals surface area contributed by atoms with E-state index in [0.717, 1.165) is 24.9 Å². The van der Waals surface area contributed by atoms with E-state index in [0.29, 0.717) is 72.3 Å². The number of nitrogen functional groups attached to an aromatic ring is 1. The predicted molar refractivity (Wildman–Crippen MR) is 182 cm³/mol. The molecule has 2 fully saturated rings. The summed E-state index contributed by atoms with van der Waals surface area (Å²) in [5, 5.41) is 0.463. The summed E-state index contributed by atoms with van der Waals surface area (Å²) < 4.78 is 42.8. The number of halogens is 4. The second-order valence-electron chi connectivity index (χ2n) is 13.2. The van der Waals surface area contributed by atoms with Gasteiger partial charge in [0, 0.05) is 62.7 Å². The lowest BCUT2D eigenvalue weighted by Crippen LogP contribution is -2.43. The molecule has 2 aromatic rings. The van der Waals surface area contributed by atoms with Gasteiger partial charge in [-0.05, 0) is 43.9 Å². The highest BCUT2D eigenvalue weighted by atomic mass is 35.5. The monoisotopic (exact) mass is 706 g/mol. The number of carbonyl (C=O) groups is 1. The number of benzene rings is 1. The van der Waals surface area contributed by atoms with Crippen LogP contribution >= 0.6 is 23.2 Å². The van der Waals surface area contributed by atoms with Crippen molar-refractivity contribution in [3.05, 3.63) is 50.0 Å². The Morgan fingerprint density at radius 3 is 2.81 bits per heavy atom. The molecular weight excluding hydrogens is 665 g/mol. The van der Waals surface area contributed by atoms with E-state index in [4.69, 9.17) is 54.1 Å². The van der Waals surface area contributed by atoms with Crippen molar-refractivity contribution in [3.63, 3.8) is 0 Å². The van der Waals surface area contributed by atoms with Gasteiger partial charge in [0.05, 0.1) is 46.9 Å². The molecule has 1 unspecified atom stereocenters. The Kier molecular flexibility index (Phi) is 10.0. The van der Waals surface area contributed by atoms with Gasteiger partial charge in [0.15, 0.2) is 5.82 Å². The Morgan fingerprint density at radius 1 is 1.27 bits per heavy atom. The van der Waals surface area contributed by atoms with Crippen LogP contribution in [-0.4, -0.2) is 96.5 Å². The number of alkyl halides is 1. The maximum absolute atomic E-state index is 15.6. The molecule has 1 aromatic heterocycles. The van der Waals surface area contributed by atoms with Gasteiger partial charge in [-0.15, -0.1) is 0 Å². The van der Waals surface area contributed by atoms with Crippen molar-refractivity contribution in [2.24, 2.45) is 10.7 Å². The van der Waals surface area contributed by atoms with Crippen LogP contribution in [-0.2, 0) is 29.0 Å². The van der Waals surface area contributed by atoms with Gasteiger partial charge in [0.25, 0.3) is 5.91 Å². The molecule has 0 spiro atoms. The van der Waals surface area contributed by atoms with E-state index in [1.807, 2.05) is 11.8 Å². The average Bonchev–Trinajstić information content (AvgIpc) is 3.47. The summed E-state index contributed by atoms with van der Waals surface area (Å²) in [7, 11) is 3.19. The summed E-state index contributed by atoms with van der Waals surface area (Å²) in [6.07, 6.45) is 1.98. The van der Waals surface area contributed by atoms with Crippen LogP contribution in [0.25, 0.3) is 0 Å². The Hall–Kier alpha value is -3.26. The molecule has 15 heteroatoms. The molecule has 5 heterocycles. The molecule has 0 aliphatic carbocycles. The first-order valence-electron chi connectivity index (χ1n) is 16.4. The number of nitrogens with two attached hydrogens (primary N) is 2. The van der Waals surface area contributed by atoms with Crippen LogP contribution in [0, 0.1) is 5.82 Å². The molecule has 1 aromatic carbocycles. The van der Waals surface area contributed by atoms with Crippen molar-refractivity contribution in [2.45, 2.75) is 69.9 Å². The van der Waals surface area contributed by atoms with Crippen molar-refractivity contribution in [1.82, 2.24) is 19.8 Å². The lowest BCUT2D eigenvalue weighted by Gasteiger charge is -2.33. The standard InChI is InChI=1S/C33H42Cl2F2N8O3/c1-4-19-21(34)11-22(38)28(37)26(19)25-12-23-20(16-47-25)30(42-32(41-23)48-17-33-7-5-10-45(33)14-18(36)13-33)44-9-6-8-40-24(15-44)27(35)29(39)31(46)43(2)3/h11,18,25H,4-10,12-17,38-39H2,1-3H3/b29-27+/t18-,25?,33+/m1/s1. The SMILES string of the molecule is CCc1c(Cl)cc(N)c(F)c1C1Cc2nc(OC[C@@]34CCCN3C[C@H](F)C4)nc(N3CCCN=C(/C(Cl)=C(\N)C(=O)N(C)C)C3)c2CO1. The Labute approximate surface area is 289 Å². The number of ether oxygens (including phenoxy) is 2. The minimum atomic E-state index is -0.904. The molecular formula is C33H42Cl2F2N8O3. The molecule has 3 atom stereocenters. The Bertz CT molecular complexity index is 1660. The van der Waals surface area contributed by atoms with Crippen LogP contribution in [0.15, 0.2) is 21.8 Å². The number of nitrogens with zero attached hydrogens (tertiary/aromatic N) is 6. The van der Waals surface area contributed by atoms with Crippen LogP contribution in [0.4, 0.5) is 20.3 Å². The van der Waals surface area contributed by atoms with E-state index >= 15 is 4.39 Å². The molecule has 0 radical (unpaired) electrons. The lowest BCUT2D eigenvalue weighted by atomic mass is 9.93. The molecule has 6 rings (SSSR count). The van der Waals surface area contributed by atoms with Gasteiger partial charge < -0.3 is 30.7 Å². The molecule has 1 amide bonds. The fourth-order valence-corrected chi connectivity index (χ4v) is 7.94. The maximum Gasteiger partial charge on any atom is 0.318 e. The minimum Gasteiger partial charge on any atom is -0.461 e. The number of aromatic nitrogens is 2. The molecule has 0 bridgehead atoms. The molecule has 260 valence electrons. The largest absolute Gasteiger partial charge is 0.461 e. The summed E-state index contributed by atoms with van der Waals surface area (Å²) >= 11 is 13.2. The fourth-order valence-electron chi connectivity index (χ4n) is 7.38. The van der Waals surface area contributed by atoms with E-state index < -0.39 is 29.5 Å². The van der Waals surface area contributed by atoms with Gasteiger partial charge in [0.1, 0.15) is 24.3 Å². The summed E-state index contributed by atoms with van der Waals surface area (Å²) in [6.45, 7) is 4.71. The van der Waals surface area contributed by atoms with Crippen LogP contribution in [0.2, 0.25) is 5.02 Å². The van der Waals surface area contributed by atoms with Crippen LogP contribution in [0.3, 0.4) is 0 Å². The van der Waals surface area contributed by atoms with Gasteiger partial charge in [-0.1, -0.05) is 30.1 Å². The average molecular weight is 708 g/mol. The number of likely N-dealkylation sites (N-methyl/N-ethyl adjacent to an activating group) is 1. The van der Waals surface area contributed by atoms with E-state index in [2.05, 4.69) is 9.89 Å². The van der Waals surface area contributed by atoms with Crippen LogP contribution in [0.1, 0.15) is 61.1 Å². The smallest absolute Gasteiger partial charge is 0.318 e. The second kappa shape index (κ2) is 13.9. The molecule has 11 nitrogen and oxygen atoms in total. The highest BCUT2D eigenvalue weighted by molar-refractivity contribution is 6.45. The predicted octanol–water partition coefficient (Wildman–Crippen LogP) is 4.33. The van der Waals surface area contributed by atoms with Gasteiger partial charge >= 0.3 is 6.01 Å². The van der Waals surface area contributed by atoms with E-state index in [-0.39, 0.29) is 48.6 Å². The quantitative estimate of drug-likeness (QED) is 0.304. The first-order chi connectivity index (χ1) is 22.9. The van der Waals surface area contributed by atoms with Gasteiger partial charge in [0.2, 0.25) is 0 Å². The lowest BCUT2D eigenvalue weighted by molar-refractivity contribution is -0.124. The second-order valence-corrected chi connectivity index (χ2v) is 13.9. The molecule has 2 saturated heterocycles. The zero-order chi connectivity index (χ0) is 34.3. The van der Waals surface area contributed by atoms with Crippen LogP contribution in [0.5, 0.6) is 6.01 Å². The number of amides is 1. The van der Waals surface area contributed by atoms with Gasteiger partial charge in [-0.25, -0.2) is 8.78 Å². The van der Waals surface area contributed by atoms with Gasteiger partial charge in [-0.3, -0.25) is 14.7 Å². The van der Waals surface area contributed by atoms with Crippen molar-refractivity contribution in [2.75, 3.05) is 64.1 Å². The molecule has 4 aliphatic heterocycles. The number of rotatable bonds is 8. The topological polar surface area (TPSA) is 135 Å². The number of carbonyl (C=O) groups excluding carboxylic acids is 1. The third-order valence-electron chi connectivity index (χ3n) is 9.81. The zero-order valence-electron chi connectivity index (χ0n) is 27.5. The molecule has 48 heavy (non-hydrogen) atoms. The van der Waals surface area contributed by atoms with Crippen molar-refractivity contribution in [3.8, 4) is 6.01 Å². The number of hydrogen-bond donors (Lipinski definition) is 2. The summed E-state index contributed by atoms with van der Waals surface area (Å²) in [4.78, 5) is 32.5. The third-order valence-corrected chi connectivity index (χ3v) is 10.6. The number of hydrogen-bond acceptors (Lipinski definition) is 10. The summed E-state index contributed by atoms with van der Waals surface area (Å²) in [6, 6.07) is 1.57. The first kappa shape index (κ1) is 34.6. The zero-order valence-corrected chi connectivity index (χ0v) is 29.0. The van der Waals surface area contributed by atoms with Crippen LogP contribution < -0.4 is 21.1 Å². The number of fused-ring (bicyclic) bond motifs is 2. The molecule has 0 saturated carbocycles. The third kappa shape index (κ3) is 6.54. The van der Waals surface area contributed by atoms with E-state index in [9.17, 15) is 9.18 Å². The minimum absolute atomic E-state index is 0.0505. The Balaban J connectivity index is 1.37. The summed E-state index contributed by atoms with van der Waals surface area (Å²) in [5.41, 5.74) is 14.4. The first-order valence-corrected chi connectivity index (χ1v) is 17.1. The van der Waals surface area contributed by atoms with E-state index in [1.54, 1.807) is 14.1 Å². The highest BCUT2D eigenvalue weighted by Crippen LogP contribution is 2.42. The summed E-state index contributed by atoms with van der Waals surface area (Å²) in [5.74, 6) is -0.420. The Morgan fingerprint density at radius 2 is 2.06 bits per heavy atom. The van der Waals surface area contributed by atoms with Gasteiger partial charge in [-0.2, -0.15) is 9.97 Å². The van der Waals surface area contributed by atoms with Crippen molar-refractivity contribution < 1.29 is 23.0 Å². The molecule has 4 aliphatic rings. The number of anilines is 2. The van der Waals surface area contributed by atoms with E-state index in [1.165, 1.54) is 11.0 Å². The normalized spacial score (nSPS) is 24.8.